The number of fused-ring (bicyclic) bond motifs is 1. The molecule has 2 heterocycles. The number of nitrogens with one attached hydrogen (secondary N) is 1. The lowest BCUT2D eigenvalue weighted by molar-refractivity contribution is -0.113. The van der Waals surface area contributed by atoms with Crippen LogP contribution in [-0.4, -0.2) is 32.3 Å². The van der Waals surface area contributed by atoms with Crippen LogP contribution < -0.4 is 11.1 Å². The Labute approximate surface area is 173 Å². The number of nitrogens with zero attached hydrogens (tertiary/aromatic N) is 3. The van der Waals surface area contributed by atoms with Crippen molar-refractivity contribution in [2.45, 2.75) is 64.6 Å². The highest BCUT2D eigenvalue weighted by Crippen LogP contribution is 2.39. The van der Waals surface area contributed by atoms with Gasteiger partial charge in [-0.3, -0.25) is 9.59 Å². The SMILES string of the molecule is CCn1c(SCC(=O)Nc2sc3c(c2C(N)=O)CCC(C)C3)nnc1C(C)C. The minimum atomic E-state index is -0.470. The summed E-state index contributed by atoms with van der Waals surface area (Å²) >= 11 is 2.84. The van der Waals surface area contributed by atoms with Gasteiger partial charge in [-0.15, -0.1) is 21.5 Å². The highest BCUT2D eigenvalue weighted by molar-refractivity contribution is 7.99. The largest absolute Gasteiger partial charge is 0.365 e. The molecular weight excluding hydrogens is 394 g/mol. The number of anilines is 1. The van der Waals surface area contributed by atoms with E-state index in [0.717, 1.165) is 42.4 Å². The highest BCUT2D eigenvalue weighted by Gasteiger charge is 2.27. The van der Waals surface area contributed by atoms with Crippen LogP contribution in [0.3, 0.4) is 0 Å². The maximum Gasteiger partial charge on any atom is 0.251 e. The quantitative estimate of drug-likeness (QED) is 0.667. The van der Waals surface area contributed by atoms with Gasteiger partial charge in [0, 0.05) is 17.3 Å². The molecule has 0 bridgehead atoms. The summed E-state index contributed by atoms with van der Waals surface area (Å²) in [5, 5.41) is 12.7. The molecule has 2 amide bonds. The highest BCUT2D eigenvalue weighted by atomic mass is 32.2. The first kappa shape index (κ1) is 20.9. The van der Waals surface area contributed by atoms with Crippen LogP contribution in [0.25, 0.3) is 0 Å². The minimum absolute atomic E-state index is 0.170. The van der Waals surface area contributed by atoms with Crippen LogP contribution in [0.15, 0.2) is 5.16 Å². The predicted molar refractivity (Wildman–Crippen MR) is 113 cm³/mol. The van der Waals surface area contributed by atoms with Crippen molar-refractivity contribution in [2.75, 3.05) is 11.1 Å². The molecule has 9 heteroatoms. The van der Waals surface area contributed by atoms with E-state index < -0.39 is 5.91 Å². The van der Waals surface area contributed by atoms with Crippen LogP contribution in [0, 0.1) is 5.92 Å². The first-order valence-electron chi connectivity index (χ1n) is 9.61. The van der Waals surface area contributed by atoms with E-state index in [4.69, 9.17) is 5.73 Å². The lowest BCUT2D eigenvalue weighted by atomic mass is 9.88. The number of aromatic nitrogens is 3. The number of hydrogen-bond acceptors (Lipinski definition) is 6. The lowest BCUT2D eigenvalue weighted by Gasteiger charge is -2.18. The zero-order valence-corrected chi connectivity index (χ0v) is 18.4. The molecule has 1 atom stereocenters. The van der Waals surface area contributed by atoms with Crippen LogP contribution >= 0.6 is 23.1 Å². The number of nitrogens with two attached hydrogens (primary N) is 1. The van der Waals surface area contributed by atoms with Crippen LogP contribution in [0.2, 0.25) is 0 Å². The lowest BCUT2D eigenvalue weighted by Crippen LogP contribution is -2.20. The number of amides is 2. The number of thioether (sulfide) groups is 1. The van der Waals surface area contributed by atoms with Crippen LogP contribution in [0.4, 0.5) is 5.00 Å². The molecule has 7 nitrogen and oxygen atoms in total. The molecule has 0 fully saturated rings. The summed E-state index contributed by atoms with van der Waals surface area (Å²) in [7, 11) is 0. The molecule has 2 aromatic heterocycles. The van der Waals surface area contributed by atoms with Gasteiger partial charge in [0.25, 0.3) is 5.91 Å². The molecule has 3 N–H and O–H groups in total. The van der Waals surface area contributed by atoms with Crippen molar-refractivity contribution in [1.29, 1.82) is 0 Å². The Morgan fingerprint density at radius 3 is 2.79 bits per heavy atom. The first-order chi connectivity index (χ1) is 13.3. The van der Waals surface area contributed by atoms with Gasteiger partial charge in [0.05, 0.1) is 11.3 Å². The zero-order valence-electron chi connectivity index (χ0n) is 16.7. The number of carbonyl (C=O) groups excluding carboxylic acids is 2. The van der Waals surface area contributed by atoms with Crippen molar-refractivity contribution in [3.05, 3.63) is 21.8 Å². The topological polar surface area (TPSA) is 103 Å². The molecule has 3 rings (SSSR count). The molecule has 1 aliphatic rings. The Morgan fingerprint density at radius 2 is 2.14 bits per heavy atom. The Kier molecular flexibility index (Phi) is 6.44. The summed E-state index contributed by atoms with van der Waals surface area (Å²) in [4.78, 5) is 25.7. The van der Waals surface area contributed by atoms with Gasteiger partial charge in [-0.05, 0) is 37.7 Å². The molecule has 2 aromatic rings. The standard InChI is InChI=1S/C19H27N5O2S2/c1-5-24-17(10(2)3)22-23-19(24)27-9-14(25)21-18-15(16(20)26)12-7-6-11(4)8-13(12)28-18/h10-11H,5-9H2,1-4H3,(H2,20,26)(H,21,25). The maximum atomic E-state index is 12.5. The summed E-state index contributed by atoms with van der Waals surface area (Å²) < 4.78 is 2.03. The van der Waals surface area contributed by atoms with Crippen molar-refractivity contribution >= 4 is 39.9 Å². The van der Waals surface area contributed by atoms with Gasteiger partial charge < -0.3 is 15.6 Å². The third kappa shape index (κ3) is 4.25. The van der Waals surface area contributed by atoms with E-state index in [2.05, 4.69) is 36.3 Å². The van der Waals surface area contributed by atoms with Gasteiger partial charge >= 0.3 is 0 Å². The molecule has 0 spiro atoms. The second-order valence-electron chi connectivity index (χ2n) is 7.50. The summed E-state index contributed by atoms with van der Waals surface area (Å²) in [5.74, 6) is 1.34. The zero-order chi connectivity index (χ0) is 20.4. The van der Waals surface area contributed by atoms with Crippen LogP contribution in [-0.2, 0) is 24.2 Å². The van der Waals surface area contributed by atoms with E-state index >= 15 is 0 Å². The molecule has 0 aromatic carbocycles. The van der Waals surface area contributed by atoms with E-state index in [-0.39, 0.29) is 17.6 Å². The number of rotatable bonds is 7. The van der Waals surface area contributed by atoms with Gasteiger partial charge in [0.1, 0.15) is 10.8 Å². The average Bonchev–Trinajstić information content (AvgIpc) is 3.19. The molecule has 0 saturated carbocycles. The number of hydrogen-bond donors (Lipinski definition) is 2. The van der Waals surface area contributed by atoms with Crippen molar-refractivity contribution < 1.29 is 9.59 Å². The fourth-order valence-corrected chi connectivity index (χ4v) is 5.77. The summed E-state index contributed by atoms with van der Waals surface area (Å²) in [6.07, 6.45) is 2.81. The summed E-state index contributed by atoms with van der Waals surface area (Å²) in [6, 6.07) is 0. The molecule has 0 aliphatic heterocycles. The van der Waals surface area contributed by atoms with Gasteiger partial charge in [0.2, 0.25) is 5.91 Å². The number of carbonyl (C=O) groups is 2. The van der Waals surface area contributed by atoms with E-state index in [1.807, 2.05) is 11.5 Å². The Bertz CT molecular complexity index is 887. The second kappa shape index (κ2) is 8.65. The van der Waals surface area contributed by atoms with Crippen molar-refractivity contribution in [1.82, 2.24) is 14.8 Å². The maximum absolute atomic E-state index is 12.5. The summed E-state index contributed by atoms with van der Waals surface area (Å²) in [5.41, 5.74) is 7.13. The van der Waals surface area contributed by atoms with E-state index in [0.29, 0.717) is 16.5 Å². The molecule has 0 saturated heterocycles. The Morgan fingerprint density at radius 1 is 1.39 bits per heavy atom. The number of thiophene rings is 1. The van der Waals surface area contributed by atoms with Gasteiger partial charge in [0.15, 0.2) is 5.16 Å². The minimum Gasteiger partial charge on any atom is -0.365 e. The van der Waals surface area contributed by atoms with E-state index in [1.165, 1.54) is 28.0 Å². The molecule has 0 radical (unpaired) electrons. The fourth-order valence-electron chi connectivity index (χ4n) is 3.52. The second-order valence-corrected chi connectivity index (χ2v) is 9.54. The van der Waals surface area contributed by atoms with E-state index in [9.17, 15) is 9.59 Å². The van der Waals surface area contributed by atoms with Crippen LogP contribution in [0.1, 0.15) is 66.7 Å². The van der Waals surface area contributed by atoms with Gasteiger partial charge in [-0.2, -0.15) is 0 Å². The molecule has 1 unspecified atom stereocenters. The monoisotopic (exact) mass is 421 g/mol. The average molecular weight is 422 g/mol. The van der Waals surface area contributed by atoms with Crippen molar-refractivity contribution in [3.63, 3.8) is 0 Å². The third-order valence-electron chi connectivity index (χ3n) is 4.92. The molecule has 152 valence electrons. The van der Waals surface area contributed by atoms with Crippen molar-refractivity contribution in [2.24, 2.45) is 11.7 Å². The van der Waals surface area contributed by atoms with Crippen LogP contribution in [0.5, 0.6) is 0 Å². The Hall–Kier alpha value is -1.87. The first-order valence-corrected chi connectivity index (χ1v) is 11.4. The third-order valence-corrected chi connectivity index (χ3v) is 7.06. The van der Waals surface area contributed by atoms with Crippen molar-refractivity contribution in [3.8, 4) is 0 Å². The fraction of sp³-hybridized carbons (Fsp3) is 0.579. The number of primary amides is 1. The molecular formula is C19H27N5O2S2. The molecule has 28 heavy (non-hydrogen) atoms. The molecule has 1 aliphatic carbocycles. The van der Waals surface area contributed by atoms with Gasteiger partial charge in [-0.25, -0.2) is 0 Å². The predicted octanol–water partition coefficient (Wildman–Crippen LogP) is 3.44. The van der Waals surface area contributed by atoms with Gasteiger partial charge in [-0.1, -0.05) is 32.5 Å². The smallest absolute Gasteiger partial charge is 0.251 e. The summed E-state index contributed by atoms with van der Waals surface area (Å²) in [6.45, 7) is 9.14. The Balaban J connectivity index is 1.71. The normalized spacial score (nSPS) is 16.2. The van der Waals surface area contributed by atoms with E-state index in [1.54, 1.807) is 0 Å².